The number of nitrogens with one attached hydrogen (secondary N) is 1. The lowest BCUT2D eigenvalue weighted by Crippen LogP contribution is -2.34. The van der Waals surface area contributed by atoms with Crippen LogP contribution in [0, 0.1) is 5.41 Å². The Balaban J connectivity index is 1.64. The van der Waals surface area contributed by atoms with E-state index in [2.05, 4.69) is 38.2 Å². The molecule has 0 bridgehead atoms. The summed E-state index contributed by atoms with van der Waals surface area (Å²) in [5.74, 6) is -0.134. The van der Waals surface area contributed by atoms with Crippen LogP contribution in [-0.2, 0) is 15.0 Å². The van der Waals surface area contributed by atoms with Crippen LogP contribution in [0.15, 0.2) is 24.3 Å². The maximum absolute atomic E-state index is 11.7. The Labute approximate surface area is 143 Å². The van der Waals surface area contributed by atoms with E-state index in [4.69, 9.17) is 9.84 Å². The molecule has 0 atom stereocenters. The monoisotopic (exact) mass is 333 g/mol. The summed E-state index contributed by atoms with van der Waals surface area (Å²) in [6.45, 7) is 7.19. The molecule has 0 aromatic heterocycles. The van der Waals surface area contributed by atoms with Crippen molar-refractivity contribution >= 4 is 11.9 Å². The molecule has 132 valence electrons. The Morgan fingerprint density at radius 1 is 1.21 bits per heavy atom. The lowest BCUT2D eigenvalue weighted by molar-refractivity contribution is -0.143. The van der Waals surface area contributed by atoms with E-state index in [1.165, 1.54) is 5.56 Å². The van der Waals surface area contributed by atoms with Crippen molar-refractivity contribution in [1.82, 2.24) is 5.32 Å². The normalized spacial score (nSPS) is 15.6. The van der Waals surface area contributed by atoms with Crippen LogP contribution in [0.3, 0.4) is 0 Å². The number of aliphatic carboxylic acids is 1. The molecule has 5 nitrogen and oxygen atoms in total. The van der Waals surface area contributed by atoms with Gasteiger partial charge in [-0.15, -0.1) is 0 Å². The highest BCUT2D eigenvalue weighted by Gasteiger charge is 2.50. The number of carboxylic acids is 1. The quantitative estimate of drug-likeness (QED) is 0.717. The number of rotatable bonds is 8. The molecule has 0 unspecified atom stereocenters. The van der Waals surface area contributed by atoms with Gasteiger partial charge in [-0.05, 0) is 42.4 Å². The first-order valence-electron chi connectivity index (χ1n) is 8.46. The Bertz CT molecular complexity index is 582. The molecule has 1 aromatic rings. The van der Waals surface area contributed by atoms with Crippen LogP contribution in [0.4, 0.5) is 0 Å². The summed E-state index contributed by atoms with van der Waals surface area (Å²) < 4.78 is 5.65. The molecule has 1 amide bonds. The van der Waals surface area contributed by atoms with Gasteiger partial charge in [0.15, 0.2) is 0 Å². The van der Waals surface area contributed by atoms with Gasteiger partial charge in [0.2, 0.25) is 5.91 Å². The predicted molar refractivity (Wildman–Crippen MR) is 92.2 cm³/mol. The fourth-order valence-electron chi connectivity index (χ4n) is 2.45. The van der Waals surface area contributed by atoms with Gasteiger partial charge in [0, 0.05) is 13.0 Å². The van der Waals surface area contributed by atoms with Crippen molar-refractivity contribution < 1.29 is 19.4 Å². The number of benzene rings is 1. The molecule has 24 heavy (non-hydrogen) atoms. The van der Waals surface area contributed by atoms with Crippen LogP contribution in [0.5, 0.6) is 5.75 Å². The zero-order valence-corrected chi connectivity index (χ0v) is 14.7. The summed E-state index contributed by atoms with van der Waals surface area (Å²) in [4.78, 5) is 22.8. The SMILES string of the molecule is CC(C)(C)c1ccc(OCCCC(=O)NCC2(C(=O)O)CC2)cc1. The summed E-state index contributed by atoms with van der Waals surface area (Å²) in [6.07, 6.45) is 2.25. The highest BCUT2D eigenvalue weighted by Crippen LogP contribution is 2.45. The highest BCUT2D eigenvalue weighted by molar-refractivity contribution is 5.80. The highest BCUT2D eigenvalue weighted by atomic mass is 16.5. The van der Waals surface area contributed by atoms with E-state index in [0.717, 1.165) is 5.75 Å². The zero-order chi connectivity index (χ0) is 17.8. The Hall–Kier alpha value is -2.04. The number of carbonyl (C=O) groups is 2. The van der Waals surface area contributed by atoms with Gasteiger partial charge in [0.1, 0.15) is 5.75 Å². The molecule has 1 aliphatic rings. The summed E-state index contributed by atoms with van der Waals surface area (Å²) in [6, 6.07) is 8.01. The number of carboxylic acid groups (broad SMARTS) is 1. The van der Waals surface area contributed by atoms with Crippen LogP contribution >= 0.6 is 0 Å². The summed E-state index contributed by atoms with van der Waals surface area (Å²) >= 11 is 0. The molecule has 1 aliphatic carbocycles. The minimum Gasteiger partial charge on any atom is -0.494 e. The van der Waals surface area contributed by atoms with Crippen LogP contribution in [0.2, 0.25) is 0 Å². The molecule has 2 N–H and O–H groups in total. The van der Waals surface area contributed by atoms with E-state index in [0.29, 0.717) is 32.3 Å². The van der Waals surface area contributed by atoms with E-state index < -0.39 is 11.4 Å². The zero-order valence-electron chi connectivity index (χ0n) is 14.7. The van der Waals surface area contributed by atoms with E-state index >= 15 is 0 Å². The average molecular weight is 333 g/mol. The molecule has 0 heterocycles. The number of carbonyl (C=O) groups excluding carboxylic acids is 1. The van der Waals surface area contributed by atoms with Crippen molar-refractivity contribution in [2.45, 2.75) is 51.9 Å². The second kappa shape index (κ2) is 7.24. The molecule has 2 rings (SSSR count). The first-order valence-corrected chi connectivity index (χ1v) is 8.46. The lowest BCUT2D eigenvalue weighted by Gasteiger charge is -2.19. The first kappa shape index (κ1) is 18.3. The van der Waals surface area contributed by atoms with Gasteiger partial charge in [0.25, 0.3) is 0 Å². The summed E-state index contributed by atoms with van der Waals surface area (Å²) in [5, 5.41) is 11.8. The number of hydrogen-bond acceptors (Lipinski definition) is 3. The van der Waals surface area contributed by atoms with E-state index in [-0.39, 0.29) is 17.9 Å². The van der Waals surface area contributed by atoms with Gasteiger partial charge in [-0.25, -0.2) is 0 Å². The van der Waals surface area contributed by atoms with Gasteiger partial charge < -0.3 is 15.2 Å². The second-order valence-corrected chi connectivity index (χ2v) is 7.59. The third kappa shape index (κ3) is 4.98. The summed E-state index contributed by atoms with van der Waals surface area (Å²) in [5.41, 5.74) is 0.661. The molecule has 0 radical (unpaired) electrons. The van der Waals surface area contributed by atoms with Crippen LogP contribution in [-0.4, -0.2) is 30.1 Å². The molecule has 1 fully saturated rings. The number of amides is 1. The standard InChI is InChI=1S/C19H27NO4/c1-18(2,3)14-6-8-15(9-7-14)24-12-4-5-16(21)20-13-19(10-11-19)17(22)23/h6-9H,4-5,10-13H2,1-3H3,(H,20,21)(H,22,23). The third-order valence-electron chi connectivity index (χ3n) is 4.47. The maximum Gasteiger partial charge on any atom is 0.311 e. The largest absolute Gasteiger partial charge is 0.494 e. The first-order chi connectivity index (χ1) is 11.2. The van der Waals surface area contributed by atoms with E-state index in [1.807, 2.05) is 12.1 Å². The Morgan fingerprint density at radius 2 is 1.83 bits per heavy atom. The van der Waals surface area contributed by atoms with Gasteiger partial charge in [0.05, 0.1) is 12.0 Å². The van der Waals surface area contributed by atoms with Gasteiger partial charge in [-0.3, -0.25) is 9.59 Å². The molecular formula is C19H27NO4. The van der Waals surface area contributed by atoms with Crippen LogP contribution in [0.25, 0.3) is 0 Å². The van der Waals surface area contributed by atoms with Gasteiger partial charge in [-0.1, -0.05) is 32.9 Å². The van der Waals surface area contributed by atoms with Crippen LogP contribution < -0.4 is 10.1 Å². The predicted octanol–water partition coefficient (Wildman–Crippen LogP) is 3.12. The van der Waals surface area contributed by atoms with Gasteiger partial charge >= 0.3 is 5.97 Å². The molecule has 1 saturated carbocycles. The smallest absolute Gasteiger partial charge is 0.311 e. The Morgan fingerprint density at radius 3 is 2.33 bits per heavy atom. The van der Waals surface area contributed by atoms with E-state index in [9.17, 15) is 9.59 Å². The molecular weight excluding hydrogens is 306 g/mol. The molecule has 1 aromatic carbocycles. The Kier molecular flexibility index (Phi) is 5.52. The van der Waals surface area contributed by atoms with E-state index in [1.54, 1.807) is 0 Å². The van der Waals surface area contributed by atoms with Crippen molar-refractivity contribution in [2.24, 2.45) is 5.41 Å². The summed E-state index contributed by atoms with van der Waals surface area (Å²) in [7, 11) is 0. The fourth-order valence-corrected chi connectivity index (χ4v) is 2.45. The average Bonchev–Trinajstić information content (AvgIpc) is 3.30. The van der Waals surface area contributed by atoms with Crippen molar-refractivity contribution in [1.29, 1.82) is 0 Å². The topological polar surface area (TPSA) is 75.6 Å². The lowest BCUT2D eigenvalue weighted by atomic mass is 9.87. The molecule has 5 heteroatoms. The molecule has 0 saturated heterocycles. The maximum atomic E-state index is 11.7. The fraction of sp³-hybridized carbons (Fsp3) is 0.579. The minimum atomic E-state index is -0.815. The van der Waals surface area contributed by atoms with Crippen LogP contribution in [0.1, 0.15) is 52.0 Å². The molecule has 0 spiro atoms. The van der Waals surface area contributed by atoms with Gasteiger partial charge in [-0.2, -0.15) is 0 Å². The third-order valence-corrected chi connectivity index (χ3v) is 4.47. The van der Waals surface area contributed by atoms with Crippen molar-refractivity contribution in [3.8, 4) is 5.75 Å². The van der Waals surface area contributed by atoms with Crippen molar-refractivity contribution in [2.75, 3.05) is 13.2 Å². The minimum absolute atomic E-state index is 0.116. The second-order valence-electron chi connectivity index (χ2n) is 7.59. The van der Waals surface area contributed by atoms with Crippen molar-refractivity contribution in [3.05, 3.63) is 29.8 Å². The van der Waals surface area contributed by atoms with Crippen molar-refractivity contribution in [3.63, 3.8) is 0 Å². The number of hydrogen-bond donors (Lipinski definition) is 2. The molecule has 0 aliphatic heterocycles. The number of ether oxygens (including phenoxy) is 1.